The number of carbonyl (C=O) groups is 1. The van der Waals surface area contributed by atoms with Crippen molar-refractivity contribution in [2.75, 3.05) is 14.2 Å². The molecule has 1 aliphatic rings. The Bertz CT molecular complexity index is 1200. The van der Waals surface area contributed by atoms with Crippen LogP contribution in [0.2, 0.25) is 0 Å². The van der Waals surface area contributed by atoms with Crippen LogP contribution in [0.15, 0.2) is 58.0 Å². The number of nitrogens with zero attached hydrogens (tertiary/aromatic N) is 1. The summed E-state index contributed by atoms with van der Waals surface area (Å²) in [5, 5.41) is 13.1. The first-order chi connectivity index (χ1) is 14.0. The molecule has 0 amide bonds. The third kappa shape index (κ3) is 3.47. The van der Waals surface area contributed by atoms with E-state index in [1.807, 2.05) is 47.9 Å². The van der Waals surface area contributed by atoms with E-state index in [4.69, 9.17) is 9.47 Å². The molecular formula is C22H19NO4S2. The first kappa shape index (κ1) is 19.4. The summed E-state index contributed by atoms with van der Waals surface area (Å²) in [6.45, 7) is 1.80. The van der Waals surface area contributed by atoms with Gasteiger partial charge < -0.3 is 14.6 Å². The van der Waals surface area contributed by atoms with Crippen LogP contribution in [0, 0.1) is 0 Å². The summed E-state index contributed by atoms with van der Waals surface area (Å²) in [5.74, 6) is -0.0531. The number of hydrogen-bond acceptors (Lipinski definition) is 7. The average Bonchev–Trinajstić information content (AvgIpc) is 3.35. The summed E-state index contributed by atoms with van der Waals surface area (Å²) in [4.78, 5) is 18.3. The Morgan fingerprint density at radius 3 is 2.59 bits per heavy atom. The number of carbonyl (C=O) groups excluding carboxylic acids is 1. The summed E-state index contributed by atoms with van der Waals surface area (Å²) < 4.78 is 11.7. The number of thiophene rings is 2. The normalized spacial score (nSPS) is 16.4. The summed E-state index contributed by atoms with van der Waals surface area (Å²) in [6, 6.07) is 11.4. The van der Waals surface area contributed by atoms with Gasteiger partial charge in [0.1, 0.15) is 16.2 Å². The van der Waals surface area contributed by atoms with Crippen molar-refractivity contribution in [1.29, 1.82) is 0 Å². The molecule has 7 heteroatoms. The molecule has 0 saturated heterocycles. The van der Waals surface area contributed by atoms with Crippen molar-refractivity contribution >= 4 is 34.7 Å². The molecule has 148 valence electrons. The van der Waals surface area contributed by atoms with E-state index in [0.29, 0.717) is 21.5 Å². The maximum absolute atomic E-state index is 12.6. The van der Waals surface area contributed by atoms with Crippen molar-refractivity contribution in [3.05, 3.63) is 78.3 Å². The number of rotatable bonds is 4. The highest BCUT2D eigenvalue weighted by Crippen LogP contribution is 2.39. The van der Waals surface area contributed by atoms with Crippen LogP contribution < -0.4 is 13.9 Å². The van der Waals surface area contributed by atoms with Gasteiger partial charge in [-0.05, 0) is 42.1 Å². The lowest BCUT2D eigenvalue weighted by atomic mass is 9.83. The van der Waals surface area contributed by atoms with Crippen molar-refractivity contribution in [3.8, 4) is 11.5 Å². The molecule has 29 heavy (non-hydrogen) atoms. The summed E-state index contributed by atoms with van der Waals surface area (Å²) in [5.41, 5.74) is 2.52. The predicted molar refractivity (Wildman–Crippen MR) is 114 cm³/mol. The molecule has 0 saturated carbocycles. The quantitative estimate of drug-likeness (QED) is 0.649. The van der Waals surface area contributed by atoms with Crippen molar-refractivity contribution < 1.29 is 19.4 Å². The number of fused-ring (bicyclic) bond motifs is 1. The zero-order valence-corrected chi connectivity index (χ0v) is 17.8. The highest BCUT2D eigenvalue weighted by molar-refractivity contribution is 7.11. The Morgan fingerprint density at radius 2 is 1.97 bits per heavy atom. The summed E-state index contributed by atoms with van der Waals surface area (Å²) in [6.07, 6.45) is 1.94. The number of ether oxygens (including phenoxy) is 2. The maximum Gasteiger partial charge on any atom is 0.336 e. The molecule has 0 aliphatic carbocycles. The second kappa shape index (κ2) is 7.85. The van der Waals surface area contributed by atoms with Gasteiger partial charge in [0.2, 0.25) is 0 Å². The van der Waals surface area contributed by atoms with Crippen LogP contribution in [-0.2, 0) is 9.53 Å². The molecule has 1 N–H and O–H groups in total. The third-order valence-electron chi connectivity index (χ3n) is 4.83. The van der Waals surface area contributed by atoms with Crippen LogP contribution in [0.5, 0.6) is 11.5 Å². The minimum absolute atomic E-state index is 0.150. The van der Waals surface area contributed by atoms with Gasteiger partial charge in [-0.3, -0.25) is 0 Å². The SMILES string of the molecule is COC(=O)C1=C(C)N=c2sc(=Cc3cccs3)c(O)c2C1c1ccc(OC)cc1. The molecule has 4 rings (SSSR count). The fourth-order valence-electron chi connectivity index (χ4n) is 3.46. The van der Waals surface area contributed by atoms with Crippen LogP contribution >= 0.6 is 22.7 Å². The molecule has 0 bridgehead atoms. The molecule has 3 heterocycles. The Kier molecular flexibility index (Phi) is 5.25. The van der Waals surface area contributed by atoms with E-state index in [2.05, 4.69) is 4.99 Å². The van der Waals surface area contributed by atoms with Crippen LogP contribution in [0.1, 0.15) is 28.8 Å². The van der Waals surface area contributed by atoms with Crippen molar-refractivity contribution in [2.45, 2.75) is 12.8 Å². The number of benzene rings is 1. The Hall–Kier alpha value is -2.90. The molecule has 2 aromatic heterocycles. The lowest BCUT2D eigenvalue weighted by Gasteiger charge is -2.23. The fraction of sp³-hybridized carbons (Fsp3) is 0.182. The Balaban J connectivity index is 1.96. The van der Waals surface area contributed by atoms with E-state index < -0.39 is 11.9 Å². The molecule has 1 aromatic carbocycles. The Labute approximate surface area is 175 Å². The molecule has 1 aliphatic heterocycles. The molecule has 3 aromatic rings. The smallest absolute Gasteiger partial charge is 0.336 e. The minimum atomic E-state index is -0.470. The number of allylic oxidation sites excluding steroid dienone is 1. The van der Waals surface area contributed by atoms with E-state index in [1.165, 1.54) is 18.4 Å². The van der Waals surface area contributed by atoms with Crippen LogP contribution in [0.4, 0.5) is 0 Å². The number of hydrogen-bond donors (Lipinski definition) is 1. The second-order valence-corrected chi connectivity index (χ2v) is 8.51. The molecule has 1 unspecified atom stereocenters. The predicted octanol–water partition coefficient (Wildman–Crippen LogP) is 3.56. The van der Waals surface area contributed by atoms with E-state index >= 15 is 0 Å². The van der Waals surface area contributed by atoms with Crippen LogP contribution in [0.25, 0.3) is 6.08 Å². The van der Waals surface area contributed by atoms with Gasteiger partial charge in [0.05, 0.1) is 30.0 Å². The van der Waals surface area contributed by atoms with E-state index in [1.54, 1.807) is 25.4 Å². The number of aromatic hydroxyl groups is 1. The van der Waals surface area contributed by atoms with E-state index in [9.17, 15) is 9.90 Å². The van der Waals surface area contributed by atoms with Gasteiger partial charge in [-0.15, -0.1) is 22.7 Å². The van der Waals surface area contributed by atoms with Crippen molar-refractivity contribution in [1.82, 2.24) is 0 Å². The first-order valence-corrected chi connectivity index (χ1v) is 10.6. The standard InChI is InChI=1S/C22H19NO4S2/c1-12-17(22(25)27-3)18(13-6-8-14(26-2)9-7-13)19-20(24)16(29-21(19)23-12)11-15-5-4-10-28-15/h4-11,18,24H,1-3H3. The molecule has 0 spiro atoms. The number of methoxy groups -OCH3 is 2. The van der Waals surface area contributed by atoms with Crippen molar-refractivity contribution in [3.63, 3.8) is 0 Å². The number of esters is 1. The zero-order chi connectivity index (χ0) is 20.5. The summed E-state index contributed by atoms with van der Waals surface area (Å²) in [7, 11) is 2.96. The molecule has 0 fully saturated rings. The van der Waals surface area contributed by atoms with Gasteiger partial charge >= 0.3 is 5.97 Å². The molecule has 0 radical (unpaired) electrons. The molecule has 5 nitrogen and oxygen atoms in total. The van der Waals surface area contributed by atoms with E-state index in [0.717, 1.165) is 20.7 Å². The van der Waals surface area contributed by atoms with Gasteiger partial charge in [-0.25, -0.2) is 9.79 Å². The largest absolute Gasteiger partial charge is 0.506 e. The van der Waals surface area contributed by atoms with Crippen LogP contribution in [-0.4, -0.2) is 25.3 Å². The highest BCUT2D eigenvalue weighted by atomic mass is 32.1. The third-order valence-corrected chi connectivity index (χ3v) is 6.69. The monoisotopic (exact) mass is 425 g/mol. The van der Waals surface area contributed by atoms with Gasteiger partial charge in [0.15, 0.2) is 0 Å². The topological polar surface area (TPSA) is 68.1 Å². The zero-order valence-electron chi connectivity index (χ0n) is 16.1. The van der Waals surface area contributed by atoms with Crippen LogP contribution in [0.3, 0.4) is 0 Å². The average molecular weight is 426 g/mol. The van der Waals surface area contributed by atoms with Gasteiger partial charge in [-0.2, -0.15) is 0 Å². The van der Waals surface area contributed by atoms with E-state index in [-0.39, 0.29) is 5.75 Å². The Morgan fingerprint density at radius 1 is 1.21 bits per heavy atom. The van der Waals surface area contributed by atoms with Gasteiger partial charge in [-0.1, -0.05) is 18.2 Å². The van der Waals surface area contributed by atoms with Crippen molar-refractivity contribution in [2.24, 2.45) is 4.99 Å². The lowest BCUT2D eigenvalue weighted by Crippen LogP contribution is -2.23. The maximum atomic E-state index is 12.6. The summed E-state index contributed by atoms with van der Waals surface area (Å²) >= 11 is 3.01. The molecule has 1 atom stereocenters. The van der Waals surface area contributed by atoms with Gasteiger partial charge in [0, 0.05) is 16.4 Å². The highest BCUT2D eigenvalue weighted by Gasteiger charge is 2.34. The first-order valence-electron chi connectivity index (χ1n) is 8.92. The lowest BCUT2D eigenvalue weighted by molar-refractivity contribution is -0.136. The minimum Gasteiger partial charge on any atom is -0.506 e. The second-order valence-electron chi connectivity index (χ2n) is 6.50. The van der Waals surface area contributed by atoms with Gasteiger partial charge in [0.25, 0.3) is 0 Å². The molecular weight excluding hydrogens is 406 g/mol. The fourth-order valence-corrected chi connectivity index (χ4v) is 5.30.